The van der Waals surface area contributed by atoms with Crippen LogP contribution in [0.1, 0.15) is 38.3 Å². The van der Waals surface area contributed by atoms with Gasteiger partial charge in [0.25, 0.3) is 0 Å². The number of rotatable bonds is 4. The molecule has 2 rings (SSSR count). The molecule has 0 bridgehead atoms. The molecule has 0 radical (unpaired) electrons. The lowest BCUT2D eigenvalue weighted by Gasteiger charge is -2.23. The summed E-state index contributed by atoms with van der Waals surface area (Å²) in [7, 11) is 0. The highest BCUT2D eigenvalue weighted by molar-refractivity contribution is 8.14. The number of amides is 1. The van der Waals surface area contributed by atoms with E-state index in [0.717, 1.165) is 18.5 Å². The van der Waals surface area contributed by atoms with Crippen LogP contribution < -0.4 is 4.90 Å². The number of thioether (sulfide) groups is 1. The van der Waals surface area contributed by atoms with E-state index in [2.05, 4.69) is 32.0 Å². The van der Waals surface area contributed by atoms with Crippen molar-refractivity contribution in [3.05, 3.63) is 29.3 Å². The molecule has 1 amide bonds. The minimum atomic E-state index is 0.0872. The van der Waals surface area contributed by atoms with Crippen LogP contribution in [0.15, 0.2) is 18.2 Å². The average molecular weight is 291 g/mol. The molecule has 0 aliphatic carbocycles. The molecule has 0 saturated carbocycles. The summed E-state index contributed by atoms with van der Waals surface area (Å²) < 4.78 is 0. The smallest absolute Gasteiger partial charge is 0.228 e. The molecule has 0 spiro atoms. The first-order valence-corrected chi connectivity index (χ1v) is 8.03. The van der Waals surface area contributed by atoms with Gasteiger partial charge in [-0.2, -0.15) is 0 Å². The third kappa shape index (κ3) is 3.06. The maximum atomic E-state index is 12.3. The molecule has 1 aromatic carbocycles. The van der Waals surface area contributed by atoms with Gasteiger partial charge in [0.1, 0.15) is 0 Å². The van der Waals surface area contributed by atoms with Gasteiger partial charge in [-0.1, -0.05) is 43.8 Å². The largest absolute Gasteiger partial charge is 0.311 e. The second kappa shape index (κ2) is 6.44. The van der Waals surface area contributed by atoms with Gasteiger partial charge in [0.05, 0.1) is 5.69 Å². The monoisotopic (exact) mass is 291 g/mol. The summed E-state index contributed by atoms with van der Waals surface area (Å²) in [6.07, 6.45) is 2.29. The second-order valence-corrected chi connectivity index (χ2v) is 6.55. The number of hydrogen-bond acceptors (Lipinski definition) is 3. The number of carbonyl (C=O) groups is 2. The average Bonchev–Trinajstić information content (AvgIpc) is 2.77. The highest BCUT2D eigenvalue weighted by Crippen LogP contribution is 2.33. The fourth-order valence-electron chi connectivity index (χ4n) is 2.77. The van der Waals surface area contributed by atoms with E-state index >= 15 is 0 Å². The number of anilines is 1. The minimum Gasteiger partial charge on any atom is -0.311 e. The molecule has 1 aromatic rings. The van der Waals surface area contributed by atoms with E-state index in [-0.39, 0.29) is 16.3 Å². The fourth-order valence-corrected chi connectivity index (χ4v) is 3.69. The summed E-state index contributed by atoms with van der Waals surface area (Å²) in [5.74, 6) is 0.138. The molecule has 1 fully saturated rings. The normalized spacial score (nSPS) is 18.6. The molecule has 108 valence electrons. The van der Waals surface area contributed by atoms with Crippen LogP contribution in [0.5, 0.6) is 0 Å². The van der Waals surface area contributed by atoms with E-state index in [1.165, 1.54) is 22.9 Å². The van der Waals surface area contributed by atoms with Gasteiger partial charge in [-0.3, -0.25) is 9.59 Å². The van der Waals surface area contributed by atoms with Crippen molar-refractivity contribution in [1.29, 1.82) is 0 Å². The number of nitrogens with zero attached hydrogens (tertiary/aromatic N) is 1. The van der Waals surface area contributed by atoms with Crippen molar-refractivity contribution in [2.24, 2.45) is 0 Å². The first-order valence-electron chi connectivity index (χ1n) is 7.15. The van der Waals surface area contributed by atoms with Crippen LogP contribution in [-0.2, 0) is 22.4 Å². The van der Waals surface area contributed by atoms with Crippen molar-refractivity contribution in [3.8, 4) is 0 Å². The molecule has 1 heterocycles. The Kier molecular flexibility index (Phi) is 4.86. The van der Waals surface area contributed by atoms with Crippen LogP contribution in [0.4, 0.5) is 5.69 Å². The molecule has 1 saturated heterocycles. The van der Waals surface area contributed by atoms with Gasteiger partial charge in [0.2, 0.25) is 5.91 Å². The Hall–Kier alpha value is -1.29. The van der Waals surface area contributed by atoms with Crippen LogP contribution in [0.2, 0.25) is 0 Å². The Morgan fingerprint density at radius 1 is 1.30 bits per heavy atom. The summed E-state index contributed by atoms with van der Waals surface area (Å²) in [5, 5.41) is 0.179. The number of carbonyl (C=O) groups excluding carboxylic acids is 2. The molecule has 1 aliphatic heterocycles. The summed E-state index contributed by atoms with van der Waals surface area (Å²) >= 11 is 1.29. The van der Waals surface area contributed by atoms with E-state index in [1.54, 1.807) is 6.92 Å². The van der Waals surface area contributed by atoms with E-state index in [9.17, 15) is 9.59 Å². The summed E-state index contributed by atoms with van der Waals surface area (Å²) in [4.78, 5) is 25.4. The van der Waals surface area contributed by atoms with Crippen molar-refractivity contribution >= 4 is 28.5 Å². The summed E-state index contributed by atoms with van der Waals surface area (Å²) in [6.45, 7) is 6.43. The molecular formula is C16H21NO2S. The molecule has 0 aromatic heterocycles. The van der Waals surface area contributed by atoms with Crippen LogP contribution in [0, 0.1) is 0 Å². The lowest BCUT2D eigenvalue weighted by molar-refractivity contribution is -0.117. The van der Waals surface area contributed by atoms with Crippen molar-refractivity contribution in [2.45, 2.75) is 45.3 Å². The van der Waals surface area contributed by atoms with Gasteiger partial charge in [-0.05, 0) is 24.0 Å². The Morgan fingerprint density at radius 2 is 1.90 bits per heavy atom. The lowest BCUT2D eigenvalue weighted by Crippen LogP contribution is -2.27. The zero-order valence-electron chi connectivity index (χ0n) is 12.3. The van der Waals surface area contributed by atoms with Crippen molar-refractivity contribution in [2.75, 3.05) is 11.4 Å². The highest BCUT2D eigenvalue weighted by Gasteiger charge is 2.33. The predicted octanol–water partition coefficient (Wildman–Crippen LogP) is 3.20. The topological polar surface area (TPSA) is 37.4 Å². The molecular weight excluding hydrogens is 270 g/mol. The number of benzene rings is 1. The first kappa shape index (κ1) is 15.1. The molecule has 1 atom stereocenters. The number of hydrogen-bond donors (Lipinski definition) is 0. The Bertz CT molecular complexity index is 505. The SMILES string of the molecule is CCc1cccc(CC)c1N1CC(SC(C)=O)CC1=O. The van der Waals surface area contributed by atoms with Crippen LogP contribution >= 0.6 is 11.8 Å². The van der Waals surface area contributed by atoms with Crippen molar-refractivity contribution in [1.82, 2.24) is 0 Å². The van der Waals surface area contributed by atoms with Gasteiger partial charge in [0, 0.05) is 25.1 Å². The predicted molar refractivity (Wildman–Crippen MR) is 84.2 cm³/mol. The van der Waals surface area contributed by atoms with E-state index in [1.807, 2.05) is 4.90 Å². The zero-order chi connectivity index (χ0) is 14.7. The summed E-state index contributed by atoms with van der Waals surface area (Å²) in [6, 6.07) is 6.24. The maximum absolute atomic E-state index is 12.3. The molecule has 0 N–H and O–H groups in total. The lowest BCUT2D eigenvalue weighted by atomic mass is 10.0. The molecule has 4 heteroatoms. The van der Waals surface area contributed by atoms with Crippen LogP contribution in [0.3, 0.4) is 0 Å². The van der Waals surface area contributed by atoms with E-state index < -0.39 is 0 Å². The maximum Gasteiger partial charge on any atom is 0.228 e. The van der Waals surface area contributed by atoms with Gasteiger partial charge in [-0.15, -0.1) is 0 Å². The molecule has 1 unspecified atom stereocenters. The molecule has 1 aliphatic rings. The Labute approximate surface area is 124 Å². The summed E-state index contributed by atoms with van der Waals surface area (Å²) in [5.41, 5.74) is 3.51. The number of para-hydroxylation sites is 1. The van der Waals surface area contributed by atoms with Crippen LogP contribution in [-0.4, -0.2) is 22.8 Å². The van der Waals surface area contributed by atoms with Crippen molar-refractivity contribution in [3.63, 3.8) is 0 Å². The van der Waals surface area contributed by atoms with Gasteiger partial charge in [-0.25, -0.2) is 0 Å². The number of aryl methyl sites for hydroxylation is 2. The third-order valence-corrected chi connectivity index (χ3v) is 4.64. The van der Waals surface area contributed by atoms with Gasteiger partial charge < -0.3 is 4.90 Å². The van der Waals surface area contributed by atoms with Gasteiger partial charge >= 0.3 is 0 Å². The Morgan fingerprint density at radius 3 is 2.40 bits per heavy atom. The van der Waals surface area contributed by atoms with E-state index in [0.29, 0.717) is 13.0 Å². The highest BCUT2D eigenvalue weighted by atomic mass is 32.2. The minimum absolute atomic E-state index is 0.0872. The van der Waals surface area contributed by atoms with Crippen molar-refractivity contribution < 1.29 is 9.59 Å². The molecule has 3 nitrogen and oxygen atoms in total. The quantitative estimate of drug-likeness (QED) is 0.855. The molecule has 20 heavy (non-hydrogen) atoms. The first-order chi connectivity index (χ1) is 9.56. The second-order valence-electron chi connectivity index (χ2n) is 5.07. The zero-order valence-corrected chi connectivity index (χ0v) is 13.1. The third-order valence-electron chi connectivity index (χ3n) is 3.66. The fraction of sp³-hybridized carbons (Fsp3) is 0.500. The Balaban J connectivity index is 2.32. The van der Waals surface area contributed by atoms with E-state index in [4.69, 9.17) is 0 Å². The van der Waals surface area contributed by atoms with Gasteiger partial charge in [0.15, 0.2) is 5.12 Å². The van der Waals surface area contributed by atoms with Crippen LogP contribution in [0.25, 0.3) is 0 Å². The standard InChI is InChI=1S/C16H21NO2S/c1-4-12-7-6-8-13(5-2)16(12)17-10-14(9-15(17)19)20-11(3)18/h6-8,14H,4-5,9-10H2,1-3H3.